The summed E-state index contributed by atoms with van der Waals surface area (Å²) in [6.07, 6.45) is 6.48. The van der Waals surface area contributed by atoms with Crippen molar-refractivity contribution in [3.63, 3.8) is 0 Å². The van der Waals surface area contributed by atoms with Crippen molar-refractivity contribution in [3.8, 4) is 5.75 Å². The Labute approximate surface area is 154 Å². The van der Waals surface area contributed by atoms with E-state index in [1.54, 1.807) is 7.11 Å². The maximum atomic E-state index is 12.1. The number of benzene rings is 1. The Bertz CT molecular complexity index is 760. The lowest BCUT2D eigenvalue weighted by molar-refractivity contribution is -0.154. The van der Waals surface area contributed by atoms with Gasteiger partial charge in [0.2, 0.25) is 0 Å². The SMILES string of the molecule is COc1ccc2c(c1)C13CCN(CC4CC4)C(C2)C1(O)CC/C(=N\O)C3. The zero-order valence-electron chi connectivity index (χ0n) is 15.4. The molecule has 2 bridgehead atoms. The van der Waals surface area contributed by atoms with Crippen LogP contribution in [-0.2, 0) is 11.8 Å². The molecule has 0 spiro atoms. The molecule has 1 aliphatic heterocycles. The van der Waals surface area contributed by atoms with Gasteiger partial charge in [-0.15, -0.1) is 0 Å². The van der Waals surface area contributed by atoms with E-state index in [-0.39, 0.29) is 11.5 Å². The van der Waals surface area contributed by atoms with Gasteiger partial charge in [-0.05, 0) is 74.2 Å². The van der Waals surface area contributed by atoms with Crippen LogP contribution in [0.2, 0.25) is 0 Å². The Morgan fingerprint density at radius 1 is 1.31 bits per heavy atom. The number of hydrogen-bond donors (Lipinski definition) is 2. The Morgan fingerprint density at radius 3 is 2.88 bits per heavy atom. The van der Waals surface area contributed by atoms with Crippen LogP contribution >= 0.6 is 0 Å². The highest BCUT2D eigenvalue weighted by atomic mass is 16.5. The number of rotatable bonds is 3. The highest BCUT2D eigenvalue weighted by molar-refractivity contribution is 5.87. The summed E-state index contributed by atoms with van der Waals surface area (Å²) in [6, 6.07) is 6.49. The van der Waals surface area contributed by atoms with Gasteiger partial charge >= 0.3 is 0 Å². The minimum Gasteiger partial charge on any atom is -0.497 e. The topological polar surface area (TPSA) is 65.3 Å². The third-order valence-electron chi connectivity index (χ3n) is 7.52. The fraction of sp³-hybridized carbons (Fsp3) is 0.667. The van der Waals surface area contributed by atoms with Crippen molar-refractivity contribution >= 4 is 5.71 Å². The average Bonchev–Trinajstić information content (AvgIpc) is 3.47. The summed E-state index contributed by atoms with van der Waals surface area (Å²) >= 11 is 0. The van der Waals surface area contributed by atoms with E-state index >= 15 is 0 Å². The number of likely N-dealkylation sites (tertiary alicyclic amines) is 1. The highest BCUT2D eigenvalue weighted by Crippen LogP contribution is 2.58. The molecule has 1 saturated heterocycles. The Hall–Kier alpha value is -1.59. The maximum absolute atomic E-state index is 12.1. The first-order valence-corrected chi connectivity index (χ1v) is 9.93. The molecule has 3 fully saturated rings. The average molecular weight is 356 g/mol. The molecule has 0 aromatic heterocycles. The van der Waals surface area contributed by atoms with Gasteiger partial charge in [-0.25, -0.2) is 0 Å². The summed E-state index contributed by atoms with van der Waals surface area (Å²) < 4.78 is 5.49. The van der Waals surface area contributed by atoms with Gasteiger partial charge in [-0.3, -0.25) is 4.90 Å². The predicted molar refractivity (Wildman–Crippen MR) is 99.1 cm³/mol. The van der Waals surface area contributed by atoms with Crippen molar-refractivity contribution in [3.05, 3.63) is 29.3 Å². The molecule has 1 aromatic carbocycles. The summed E-state index contributed by atoms with van der Waals surface area (Å²) in [5.41, 5.74) is 2.23. The molecular formula is C21H28N2O3. The van der Waals surface area contributed by atoms with Crippen molar-refractivity contribution < 1.29 is 15.1 Å². The summed E-state index contributed by atoms with van der Waals surface area (Å²) in [4.78, 5) is 2.56. The van der Waals surface area contributed by atoms with Crippen LogP contribution in [0.25, 0.3) is 0 Å². The minimum atomic E-state index is -0.756. The lowest BCUT2D eigenvalue weighted by Gasteiger charge is -2.63. The van der Waals surface area contributed by atoms with Crippen LogP contribution < -0.4 is 4.74 Å². The van der Waals surface area contributed by atoms with Gasteiger partial charge < -0.3 is 15.1 Å². The zero-order chi connectivity index (χ0) is 17.9. The number of aliphatic hydroxyl groups is 1. The third kappa shape index (κ3) is 2.20. The summed E-state index contributed by atoms with van der Waals surface area (Å²) in [6.45, 7) is 2.13. The molecule has 1 heterocycles. The fourth-order valence-corrected chi connectivity index (χ4v) is 5.96. The Morgan fingerprint density at radius 2 is 2.15 bits per heavy atom. The molecule has 3 unspecified atom stereocenters. The fourth-order valence-electron chi connectivity index (χ4n) is 5.96. The van der Waals surface area contributed by atoms with Gasteiger partial charge in [-0.2, -0.15) is 0 Å². The van der Waals surface area contributed by atoms with Crippen LogP contribution in [0.4, 0.5) is 0 Å². The second-order valence-electron chi connectivity index (χ2n) is 8.78. The Balaban J connectivity index is 1.64. The molecule has 4 aliphatic rings. The predicted octanol–water partition coefficient (Wildman–Crippen LogP) is 2.72. The lowest BCUT2D eigenvalue weighted by Crippen LogP contribution is -2.73. The lowest BCUT2D eigenvalue weighted by atomic mass is 9.49. The zero-order valence-corrected chi connectivity index (χ0v) is 15.4. The number of methoxy groups -OCH3 is 1. The van der Waals surface area contributed by atoms with Crippen molar-refractivity contribution in [1.29, 1.82) is 0 Å². The maximum Gasteiger partial charge on any atom is 0.119 e. The summed E-state index contributed by atoms with van der Waals surface area (Å²) in [7, 11) is 1.69. The molecule has 140 valence electrons. The van der Waals surface area contributed by atoms with Crippen molar-refractivity contribution in [2.75, 3.05) is 20.2 Å². The van der Waals surface area contributed by atoms with Gasteiger partial charge in [0, 0.05) is 24.4 Å². The second kappa shape index (κ2) is 5.70. The van der Waals surface area contributed by atoms with E-state index < -0.39 is 5.60 Å². The van der Waals surface area contributed by atoms with Crippen molar-refractivity contribution in [1.82, 2.24) is 4.90 Å². The summed E-state index contributed by atoms with van der Waals surface area (Å²) in [5, 5.41) is 25.1. The van der Waals surface area contributed by atoms with Crippen LogP contribution in [0.1, 0.15) is 49.7 Å². The van der Waals surface area contributed by atoms with Crippen molar-refractivity contribution in [2.45, 2.75) is 62.0 Å². The molecule has 2 N–H and O–H groups in total. The van der Waals surface area contributed by atoms with Gasteiger partial charge in [-0.1, -0.05) is 11.2 Å². The molecule has 5 rings (SSSR count). The van der Waals surface area contributed by atoms with Crippen LogP contribution in [0, 0.1) is 5.92 Å². The van der Waals surface area contributed by atoms with E-state index in [0.717, 1.165) is 43.3 Å². The number of fused-ring (bicyclic) bond motifs is 1. The van der Waals surface area contributed by atoms with E-state index in [0.29, 0.717) is 19.3 Å². The molecular weight excluding hydrogens is 328 g/mol. The third-order valence-corrected chi connectivity index (χ3v) is 7.52. The molecule has 3 atom stereocenters. The molecule has 2 saturated carbocycles. The molecule has 1 aromatic rings. The van der Waals surface area contributed by atoms with Gasteiger partial charge in [0.25, 0.3) is 0 Å². The smallest absolute Gasteiger partial charge is 0.119 e. The first kappa shape index (κ1) is 16.6. The van der Waals surface area contributed by atoms with Crippen LogP contribution in [-0.4, -0.2) is 52.8 Å². The molecule has 3 aliphatic carbocycles. The van der Waals surface area contributed by atoms with E-state index in [1.807, 2.05) is 6.07 Å². The van der Waals surface area contributed by atoms with Crippen LogP contribution in [0.5, 0.6) is 5.75 Å². The number of ether oxygens (including phenoxy) is 1. The number of piperidine rings is 1. The minimum absolute atomic E-state index is 0.165. The van der Waals surface area contributed by atoms with Crippen molar-refractivity contribution in [2.24, 2.45) is 11.1 Å². The molecule has 0 radical (unpaired) electrons. The van der Waals surface area contributed by atoms with Gasteiger partial charge in [0.15, 0.2) is 0 Å². The second-order valence-corrected chi connectivity index (χ2v) is 8.78. The first-order valence-electron chi connectivity index (χ1n) is 9.93. The van der Waals surface area contributed by atoms with E-state index in [2.05, 4.69) is 22.2 Å². The largest absolute Gasteiger partial charge is 0.497 e. The molecule has 5 nitrogen and oxygen atoms in total. The number of oxime groups is 1. The highest BCUT2D eigenvalue weighted by Gasteiger charge is 2.64. The van der Waals surface area contributed by atoms with Gasteiger partial charge in [0.05, 0.1) is 18.4 Å². The number of nitrogens with zero attached hydrogens (tertiary/aromatic N) is 2. The van der Waals surface area contributed by atoms with Crippen LogP contribution in [0.3, 0.4) is 0 Å². The van der Waals surface area contributed by atoms with E-state index in [9.17, 15) is 10.3 Å². The monoisotopic (exact) mass is 356 g/mol. The molecule has 0 amide bonds. The van der Waals surface area contributed by atoms with E-state index in [1.165, 1.54) is 24.0 Å². The first-order chi connectivity index (χ1) is 12.6. The van der Waals surface area contributed by atoms with E-state index in [4.69, 9.17) is 4.74 Å². The normalized spacial score (nSPS) is 37.9. The molecule has 5 heteroatoms. The number of hydrogen-bond acceptors (Lipinski definition) is 5. The molecule has 26 heavy (non-hydrogen) atoms. The van der Waals surface area contributed by atoms with Gasteiger partial charge in [0.1, 0.15) is 5.75 Å². The van der Waals surface area contributed by atoms with Crippen LogP contribution in [0.15, 0.2) is 23.4 Å². The summed E-state index contributed by atoms with van der Waals surface area (Å²) in [5.74, 6) is 1.66. The standard InChI is InChI=1S/C21H28N2O3/c1-26-17-5-4-15-10-19-21(24)7-6-16(22-25)12-20(21,18(15)11-17)8-9-23(19)13-14-2-3-14/h4-5,11,14,19,24-25H,2-3,6-10,12-13H2,1H3/b22-16+. The quantitative estimate of drug-likeness (QED) is 0.646. The Kier molecular flexibility index (Phi) is 3.63.